The van der Waals surface area contributed by atoms with E-state index >= 15 is 0 Å². The van der Waals surface area contributed by atoms with E-state index in [0.29, 0.717) is 0 Å². The molecule has 0 fully saturated rings. The maximum absolute atomic E-state index is 10.2. The van der Waals surface area contributed by atoms with Crippen molar-refractivity contribution in [2.75, 3.05) is 7.11 Å². The minimum Gasteiger partial charge on any atom is -0.469 e. The van der Waals surface area contributed by atoms with Crippen LogP contribution in [0.4, 0.5) is 0 Å². The van der Waals surface area contributed by atoms with Gasteiger partial charge in [0.1, 0.15) is 6.42 Å². The van der Waals surface area contributed by atoms with Crippen LogP contribution in [0.3, 0.4) is 0 Å². The van der Waals surface area contributed by atoms with E-state index in [-0.39, 0.29) is 6.42 Å². The van der Waals surface area contributed by atoms with Gasteiger partial charge in [0.05, 0.1) is 7.11 Å². The van der Waals surface area contributed by atoms with Crippen molar-refractivity contribution in [3.05, 3.63) is 0 Å². The summed E-state index contributed by atoms with van der Waals surface area (Å²) in [4.78, 5) is 20.4. The van der Waals surface area contributed by atoms with Crippen LogP contribution in [0.25, 0.3) is 0 Å². The van der Waals surface area contributed by atoms with E-state index < -0.39 is 11.9 Å². The molecule has 0 saturated carbocycles. The second-order valence-electron chi connectivity index (χ2n) is 1.20. The molecule has 0 spiro atoms. The molecule has 0 aliphatic heterocycles. The third kappa shape index (κ3) is 3.96. The van der Waals surface area contributed by atoms with Crippen molar-refractivity contribution in [2.24, 2.45) is 0 Å². The van der Waals surface area contributed by atoms with Crippen molar-refractivity contribution in [1.29, 1.82) is 0 Å². The molecule has 5 heteroatoms. The molecule has 0 aromatic carbocycles. The van der Waals surface area contributed by atoms with Crippen LogP contribution in [0, 0.1) is 0 Å². The summed E-state index contributed by atoms with van der Waals surface area (Å²) in [6.07, 6.45) is -0.359. The van der Waals surface area contributed by atoms with Crippen LogP contribution < -0.4 is 0 Å². The number of hydrogen-bond acceptors (Lipinski definition) is 4. The van der Waals surface area contributed by atoms with Gasteiger partial charge < -0.3 is 8.57 Å². The lowest BCUT2D eigenvalue weighted by atomic mass is 10.4. The number of esters is 1. The largest absolute Gasteiger partial charge is 0.469 e. The second-order valence-corrected chi connectivity index (χ2v) is 1.53. The Hall–Kier alpha value is -0.580. The molecule has 0 radical (unpaired) electrons. The molecule has 0 aliphatic rings. The molecule has 0 aromatic heterocycles. The highest BCUT2D eigenvalue weighted by Gasteiger charge is 2.08. The summed E-state index contributed by atoms with van der Waals surface area (Å²) in [6.45, 7) is 0. The van der Waals surface area contributed by atoms with Crippen LogP contribution in [0.2, 0.25) is 0 Å². The van der Waals surface area contributed by atoms with Crippen molar-refractivity contribution in [3.8, 4) is 0 Å². The normalized spacial score (nSPS) is 8.22. The lowest BCUT2D eigenvalue weighted by Crippen LogP contribution is -2.08. The number of methoxy groups -OCH3 is 1. The Balaban J connectivity index is 3.47. The zero-order valence-electron chi connectivity index (χ0n) is 4.72. The Morgan fingerprint density at radius 3 is 2.33 bits per heavy atom. The van der Waals surface area contributed by atoms with Crippen molar-refractivity contribution in [3.63, 3.8) is 0 Å². The molecule has 4 nitrogen and oxygen atoms in total. The van der Waals surface area contributed by atoms with Gasteiger partial charge in [0.15, 0.2) is 16.3 Å². The molecule has 0 bridgehead atoms. The number of carbonyl (C=O) groups excluding carboxylic acids is 2. The first-order valence-electron chi connectivity index (χ1n) is 2.09. The van der Waals surface area contributed by atoms with Gasteiger partial charge in [0, 0.05) is 0 Å². The van der Waals surface area contributed by atoms with Gasteiger partial charge in [-0.15, -0.1) is 0 Å². The molecule has 0 aliphatic carbocycles. The molecule has 0 aromatic rings. The predicted molar refractivity (Wildman–Crippen MR) is 31.7 cm³/mol. The van der Waals surface area contributed by atoms with Gasteiger partial charge in [0.25, 0.3) is 0 Å². The number of ether oxygens (including phenoxy) is 1. The molecule has 0 unspecified atom stereocenters. The van der Waals surface area contributed by atoms with Gasteiger partial charge in [-0.1, -0.05) is 0 Å². The van der Waals surface area contributed by atoms with Gasteiger partial charge in [-0.3, -0.25) is 9.59 Å². The standard InChI is InChI=1S/C4H5BrO4/c1-8-3(6)2-4(7)9-5/h2H2,1H3. The van der Waals surface area contributed by atoms with E-state index in [1.165, 1.54) is 7.11 Å². The Labute approximate surface area is 60.6 Å². The van der Waals surface area contributed by atoms with Crippen LogP contribution in [-0.2, 0) is 18.2 Å². The third-order valence-corrected chi connectivity index (χ3v) is 0.963. The SMILES string of the molecule is COC(=O)CC(=O)OBr. The quantitative estimate of drug-likeness (QED) is 0.475. The Morgan fingerprint density at radius 1 is 1.44 bits per heavy atom. The fourth-order valence-electron chi connectivity index (χ4n) is 0.217. The Kier molecular flexibility index (Phi) is 4.04. The van der Waals surface area contributed by atoms with Crippen molar-refractivity contribution in [1.82, 2.24) is 0 Å². The summed E-state index contributed by atoms with van der Waals surface area (Å²) in [5, 5.41) is 0. The molecule has 0 heterocycles. The number of carbonyl (C=O) groups is 2. The van der Waals surface area contributed by atoms with E-state index in [4.69, 9.17) is 0 Å². The van der Waals surface area contributed by atoms with E-state index in [9.17, 15) is 9.59 Å². The van der Waals surface area contributed by atoms with Crippen molar-refractivity contribution < 1.29 is 18.2 Å². The zero-order chi connectivity index (χ0) is 7.28. The van der Waals surface area contributed by atoms with E-state index in [1.807, 2.05) is 0 Å². The summed E-state index contributed by atoms with van der Waals surface area (Å²) in [7, 11) is 1.20. The molecule has 52 valence electrons. The fourth-order valence-corrected chi connectivity index (χ4v) is 0.332. The molecule has 0 amide bonds. The predicted octanol–water partition coefficient (Wildman–Crippen LogP) is 0.403. The first-order chi connectivity index (χ1) is 4.20. The maximum Gasteiger partial charge on any atom is 0.328 e. The molecule has 0 atom stereocenters. The minimum absolute atomic E-state index is 0.359. The molecular weight excluding hydrogens is 192 g/mol. The fraction of sp³-hybridized carbons (Fsp3) is 0.500. The van der Waals surface area contributed by atoms with Gasteiger partial charge >= 0.3 is 11.9 Å². The van der Waals surface area contributed by atoms with Crippen molar-refractivity contribution in [2.45, 2.75) is 6.42 Å². The van der Waals surface area contributed by atoms with Gasteiger partial charge in [-0.25, -0.2) is 0 Å². The summed E-state index contributed by atoms with van der Waals surface area (Å²) in [5.41, 5.74) is 0. The maximum atomic E-state index is 10.2. The van der Waals surface area contributed by atoms with Crippen LogP contribution in [0.15, 0.2) is 0 Å². The lowest BCUT2D eigenvalue weighted by molar-refractivity contribution is -0.147. The first kappa shape index (κ1) is 8.42. The van der Waals surface area contributed by atoms with Gasteiger partial charge in [-0.05, 0) is 0 Å². The molecule has 0 N–H and O–H groups in total. The summed E-state index contributed by atoms with van der Waals surface area (Å²) >= 11 is 2.42. The van der Waals surface area contributed by atoms with E-state index in [0.717, 1.165) is 0 Å². The average Bonchev–Trinajstić information content (AvgIpc) is 1.87. The summed E-state index contributed by atoms with van der Waals surface area (Å²) in [6, 6.07) is 0. The smallest absolute Gasteiger partial charge is 0.328 e. The zero-order valence-corrected chi connectivity index (χ0v) is 6.30. The highest BCUT2D eigenvalue weighted by atomic mass is 79.9. The van der Waals surface area contributed by atoms with Gasteiger partial charge in [0.2, 0.25) is 0 Å². The lowest BCUT2D eigenvalue weighted by Gasteiger charge is -1.93. The molecule has 0 saturated heterocycles. The second kappa shape index (κ2) is 4.31. The van der Waals surface area contributed by atoms with Crippen LogP contribution in [-0.4, -0.2) is 19.0 Å². The average molecular weight is 197 g/mol. The minimum atomic E-state index is -0.665. The van der Waals surface area contributed by atoms with Crippen LogP contribution >= 0.6 is 16.3 Å². The van der Waals surface area contributed by atoms with E-state index in [1.54, 1.807) is 0 Å². The number of halogens is 1. The van der Waals surface area contributed by atoms with Crippen molar-refractivity contribution >= 4 is 28.2 Å². The topological polar surface area (TPSA) is 52.6 Å². The molecule has 9 heavy (non-hydrogen) atoms. The first-order valence-corrected chi connectivity index (χ1v) is 2.73. The third-order valence-electron chi connectivity index (χ3n) is 0.602. The number of rotatable bonds is 2. The highest BCUT2D eigenvalue weighted by molar-refractivity contribution is 9.06. The summed E-state index contributed by atoms with van der Waals surface area (Å²) in [5.74, 6) is -1.28. The molecular formula is C4H5BrO4. The highest BCUT2D eigenvalue weighted by Crippen LogP contribution is 1.92. The molecule has 0 rings (SSSR count). The van der Waals surface area contributed by atoms with Crippen LogP contribution in [0.5, 0.6) is 0 Å². The Bertz CT molecular complexity index is 108. The monoisotopic (exact) mass is 196 g/mol. The van der Waals surface area contributed by atoms with E-state index in [2.05, 4.69) is 24.8 Å². The van der Waals surface area contributed by atoms with Gasteiger partial charge in [-0.2, -0.15) is 0 Å². The number of hydrogen-bond donors (Lipinski definition) is 0. The van der Waals surface area contributed by atoms with Crippen LogP contribution in [0.1, 0.15) is 6.42 Å². The summed E-state index contributed by atoms with van der Waals surface area (Å²) < 4.78 is 8.16. The Morgan fingerprint density at radius 2 is 2.00 bits per heavy atom.